The highest BCUT2D eigenvalue weighted by Gasteiger charge is 2.32. The molecule has 0 bridgehead atoms. The van der Waals surface area contributed by atoms with Crippen LogP contribution in [0.3, 0.4) is 0 Å². The second-order valence-electron chi connectivity index (χ2n) is 8.08. The van der Waals surface area contributed by atoms with E-state index in [-0.39, 0.29) is 18.1 Å². The lowest BCUT2D eigenvalue weighted by Crippen LogP contribution is -2.49. The second kappa shape index (κ2) is 8.71. The maximum absolute atomic E-state index is 13.6. The van der Waals surface area contributed by atoms with Crippen LogP contribution in [-0.4, -0.2) is 44.4 Å². The van der Waals surface area contributed by atoms with Gasteiger partial charge in [0.15, 0.2) is 5.82 Å². The number of nitrogens with two attached hydrogens (primary N) is 1. The number of pyridine rings is 1. The summed E-state index contributed by atoms with van der Waals surface area (Å²) in [6, 6.07) is 9.40. The Kier molecular flexibility index (Phi) is 5.84. The summed E-state index contributed by atoms with van der Waals surface area (Å²) in [5.74, 6) is 1.03. The highest BCUT2D eigenvalue weighted by molar-refractivity contribution is 6.00. The summed E-state index contributed by atoms with van der Waals surface area (Å²) >= 11 is 0. The number of amides is 1. The number of hydrogen-bond donors (Lipinski definition) is 1. The lowest BCUT2D eigenvalue weighted by atomic mass is 9.97. The van der Waals surface area contributed by atoms with Crippen molar-refractivity contribution in [2.75, 3.05) is 12.3 Å². The number of aromatic nitrogens is 3. The summed E-state index contributed by atoms with van der Waals surface area (Å²) < 4.78 is 6.16. The fourth-order valence-electron chi connectivity index (χ4n) is 3.88. The largest absolute Gasteiger partial charge is 0.472 e. The van der Waals surface area contributed by atoms with Crippen molar-refractivity contribution in [1.82, 2.24) is 19.9 Å². The minimum Gasteiger partial charge on any atom is -0.472 e. The van der Waals surface area contributed by atoms with Crippen LogP contribution < -0.4 is 10.5 Å². The first-order valence-electron chi connectivity index (χ1n) is 10.5. The minimum absolute atomic E-state index is 0.0412. The van der Waals surface area contributed by atoms with Crippen LogP contribution in [0.2, 0.25) is 0 Å². The van der Waals surface area contributed by atoms with E-state index in [4.69, 9.17) is 10.5 Å². The number of carbonyl (C=O) groups excluding carboxylic acids is 1. The molecule has 1 aliphatic rings. The van der Waals surface area contributed by atoms with Gasteiger partial charge in [0, 0.05) is 41.4 Å². The SMILES string of the molecule is Cc1ccc(C(=O)N2CC(Oc3nccc(N)c3C)CCC2C)c(-c2ncccn2)c1. The predicted molar refractivity (Wildman–Crippen MR) is 120 cm³/mol. The van der Waals surface area contributed by atoms with Crippen molar-refractivity contribution in [3.8, 4) is 17.3 Å². The highest BCUT2D eigenvalue weighted by Crippen LogP contribution is 2.29. The van der Waals surface area contributed by atoms with Crippen molar-refractivity contribution in [3.05, 3.63) is 65.6 Å². The van der Waals surface area contributed by atoms with Crippen LogP contribution >= 0.6 is 0 Å². The molecule has 3 aromatic rings. The number of anilines is 1. The van der Waals surface area contributed by atoms with E-state index in [0.717, 1.165) is 29.5 Å². The molecule has 2 aromatic heterocycles. The molecule has 1 aromatic carbocycles. The zero-order valence-electron chi connectivity index (χ0n) is 18.1. The van der Waals surface area contributed by atoms with Crippen LogP contribution in [0.15, 0.2) is 48.9 Å². The molecule has 0 saturated carbocycles. The molecule has 0 aliphatic carbocycles. The van der Waals surface area contributed by atoms with Gasteiger partial charge in [0.05, 0.1) is 12.1 Å². The van der Waals surface area contributed by atoms with Crippen LogP contribution in [0.25, 0.3) is 11.4 Å². The Bertz CT molecular complexity index is 1090. The number of benzene rings is 1. The first-order valence-corrected chi connectivity index (χ1v) is 10.5. The number of carbonyl (C=O) groups is 1. The normalized spacial score (nSPS) is 18.6. The van der Waals surface area contributed by atoms with Gasteiger partial charge in [-0.05, 0) is 57.9 Å². The van der Waals surface area contributed by atoms with Gasteiger partial charge >= 0.3 is 0 Å². The molecule has 4 rings (SSSR count). The van der Waals surface area contributed by atoms with E-state index in [1.165, 1.54) is 0 Å². The van der Waals surface area contributed by atoms with E-state index in [0.29, 0.717) is 29.5 Å². The number of hydrogen-bond acceptors (Lipinski definition) is 6. The van der Waals surface area contributed by atoms with Crippen molar-refractivity contribution in [3.63, 3.8) is 0 Å². The summed E-state index contributed by atoms with van der Waals surface area (Å²) in [7, 11) is 0. The van der Waals surface area contributed by atoms with Gasteiger partial charge in [-0.2, -0.15) is 0 Å². The molecule has 3 heterocycles. The molecular weight excluding hydrogens is 390 g/mol. The molecular formula is C24H27N5O2. The van der Waals surface area contributed by atoms with Gasteiger partial charge in [0.1, 0.15) is 6.10 Å². The minimum atomic E-state index is -0.143. The zero-order chi connectivity index (χ0) is 22.0. The fourth-order valence-corrected chi connectivity index (χ4v) is 3.88. The Morgan fingerprint density at radius 1 is 1.10 bits per heavy atom. The summed E-state index contributed by atoms with van der Waals surface area (Å²) in [5, 5.41) is 0. The maximum atomic E-state index is 13.6. The molecule has 2 unspecified atom stereocenters. The molecule has 160 valence electrons. The quantitative estimate of drug-likeness (QED) is 0.694. The van der Waals surface area contributed by atoms with Crippen molar-refractivity contribution >= 4 is 11.6 Å². The molecule has 7 heteroatoms. The Balaban J connectivity index is 1.60. The number of piperidine rings is 1. The third kappa shape index (κ3) is 4.35. The lowest BCUT2D eigenvalue weighted by Gasteiger charge is -2.38. The van der Waals surface area contributed by atoms with Gasteiger partial charge in [-0.1, -0.05) is 11.6 Å². The average Bonchev–Trinajstić information content (AvgIpc) is 2.78. The number of nitrogens with zero attached hydrogens (tertiary/aromatic N) is 4. The smallest absolute Gasteiger partial charge is 0.254 e. The van der Waals surface area contributed by atoms with Gasteiger partial charge in [0.25, 0.3) is 5.91 Å². The lowest BCUT2D eigenvalue weighted by molar-refractivity contribution is 0.0372. The monoisotopic (exact) mass is 417 g/mol. The summed E-state index contributed by atoms with van der Waals surface area (Å²) in [6.45, 7) is 6.45. The first kappa shape index (κ1) is 20.8. The van der Waals surface area contributed by atoms with Gasteiger partial charge in [-0.15, -0.1) is 0 Å². The van der Waals surface area contributed by atoms with E-state index in [1.807, 2.05) is 36.9 Å². The molecule has 1 fully saturated rings. The second-order valence-corrected chi connectivity index (χ2v) is 8.08. The molecule has 31 heavy (non-hydrogen) atoms. The van der Waals surface area contributed by atoms with E-state index in [9.17, 15) is 4.79 Å². The van der Waals surface area contributed by atoms with Crippen LogP contribution in [-0.2, 0) is 0 Å². The standard InChI is InChI=1S/C24H27N5O2/c1-15-5-8-19(20(13-15)22-26-10-4-11-27-22)24(30)29-14-18(7-6-16(29)2)31-23-17(3)21(25)9-12-28-23/h4-5,8-13,16,18H,6-7,14H2,1-3H3,(H2,25,28). The van der Waals surface area contributed by atoms with Crippen molar-refractivity contribution in [1.29, 1.82) is 0 Å². The number of likely N-dealkylation sites (tertiary alicyclic amines) is 1. The molecule has 1 amide bonds. The Hall–Kier alpha value is -3.48. The van der Waals surface area contributed by atoms with E-state index in [2.05, 4.69) is 21.9 Å². The van der Waals surface area contributed by atoms with Crippen molar-refractivity contribution in [2.45, 2.75) is 45.8 Å². The maximum Gasteiger partial charge on any atom is 0.254 e. The zero-order valence-corrected chi connectivity index (χ0v) is 18.1. The number of aryl methyl sites for hydroxylation is 1. The first-order chi connectivity index (χ1) is 14.9. The highest BCUT2D eigenvalue weighted by atomic mass is 16.5. The van der Waals surface area contributed by atoms with Crippen LogP contribution in [0, 0.1) is 13.8 Å². The fraction of sp³-hybridized carbons (Fsp3) is 0.333. The molecule has 1 aliphatic heterocycles. The molecule has 1 saturated heterocycles. The Labute approximate surface area is 182 Å². The van der Waals surface area contributed by atoms with Gasteiger partial charge in [0.2, 0.25) is 5.88 Å². The van der Waals surface area contributed by atoms with Crippen LogP contribution in [0.5, 0.6) is 5.88 Å². The number of nitrogen functional groups attached to an aromatic ring is 1. The van der Waals surface area contributed by atoms with Crippen molar-refractivity contribution < 1.29 is 9.53 Å². The number of rotatable bonds is 4. The predicted octanol–water partition coefficient (Wildman–Crippen LogP) is 3.81. The van der Waals surface area contributed by atoms with E-state index < -0.39 is 0 Å². The third-order valence-electron chi connectivity index (χ3n) is 5.79. The Morgan fingerprint density at radius 3 is 2.65 bits per heavy atom. The van der Waals surface area contributed by atoms with Gasteiger partial charge in [-0.3, -0.25) is 4.79 Å². The van der Waals surface area contributed by atoms with E-state index >= 15 is 0 Å². The summed E-state index contributed by atoms with van der Waals surface area (Å²) in [6.07, 6.45) is 6.57. The molecule has 0 spiro atoms. The molecule has 2 atom stereocenters. The summed E-state index contributed by atoms with van der Waals surface area (Å²) in [5.41, 5.74) is 9.85. The van der Waals surface area contributed by atoms with Gasteiger partial charge < -0.3 is 15.4 Å². The average molecular weight is 418 g/mol. The van der Waals surface area contributed by atoms with Crippen molar-refractivity contribution in [2.24, 2.45) is 0 Å². The third-order valence-corrected chi connectivity index (χ3v) is 5.79. The van der Waals surface area contributed by atoms with E-state index in [1.54, 1.807) is 30.7 Å². The van der Waals surface area contributed by atoms with Crippen LogP contribution in [0.4, 0.5) is 5.69 Å². The molecule has 2 N–H and O–H groups in total. The Morgan fingerprint density at radius 2 is 1.87 bits per heavy atom. The molecule has 0 radical (unpaired) electrons. The van der Waals surface area contributed by atoms with Gasteiger partial charge in [-0.25, -0.2) is 15.0 Å². The molecule has 7 nitrogen and oxygen atoms in total. The number of ether oxygens (including phenoxy) is 1. The van der Waals surface area contributed by atoms with Crippen LogP contribution in [0.1, 0.15) is 41.3 Å². The topological polar surface area (TPSA) is 94.2 Å². The summed E-state index contributed by atoms with van der Waals surface area (Å²) in [4.78, 5) is 28.5.